The Kier molecular flexibility index (Phi) is 8.07. The summed E-state index contributed by atoms with van der Waals surface area (Å²) >= 11 is 1.72. The number of nitrogens with one attached hydrogen (secondary N) is 2. The Balaban J connectivity index is 1.26. The number of hydrogen-bond donors (Lipinski definition) is 2. The molecule has 2 unspecified atom stereocenters. The number of ketones is 1. The van der Waals surface area contributed by atoms with Crippen LogP contribution >= 0.6 is 11.8 Å². The lowest BCUT2D eigenvalue weighted by Crippen LogP contribution is -2.34. The number of aryl methyl sites for hydroxylation is 2. The van der Waals surface area contributed by atoms with Crippen LogP contribution in [0.25, 0.3) is 0 Å². The number of ether oxygens (including phenoxy) is 1. The van der Waals surface area contributed by atoms with Gasteiger partial charge in [0.25, 0.3) is 0 Å². The molecule has 2 amide bonds. The summed E-state index contributed by atoms with van der Waals surface area (Å²) in [5.41, 5.74) is 3.65. The zero-order valence-corrected chi connectivity index (χ0v) is 20.8. The van der Waals surface area contributed by atoms with Crippen molar-refractivity contribution in [1.29, 1.82) is 0 Å². The minimum Gasteiger partial charge on any atom is -0.442 e. The molecule has 0 aromatic heterocycles. The van der Waals surface area contributed by atoms with Crippen molar-refractivity contribution in [1.82, 2.24) is 10.6 Å². The SMILES string of the molecule is Cc1ccc(C(=O)CCC(=O)NCC2CN(c3ccc(C4CNCCS4)c(F)c3)C(=O)O2)c(C)c1. The summed E-state index contributed by atoms with van der Waals surface area (Å²) in [6.07, 6.45) is -0.971. The molecule has 35 heavy (non-hydrogen) atoms. The molecule has 0 radical (unpaired) electrons. The first kappa shape index (κ1) is 25.2. The molecule has 186 valence electrons. The number of anilines is 1. The first-order chi connectivity index (χ1) is 16.8. The van der Waals surface area contributed by atoms with Gasteiger partial charge in [-0.3, -0.25) is 14.5 Å². The number of carbonyl (C=O) groups excluding carboxylic acids is 3. The maximum atomic E-state index is 14.8. The monoisotopic (exact) mass is 499 g/mol. The van der Waals surface area contributed by atoms with Crippen LogP contribution in [0, 0.1) is 19.7 Å². The molecule has 2 aliphatic rings. The number of carbonyl (C=O) groups is 3. The minimum absolute atomic E-state index is 0.0492. The maximum absolute atomic E-state index is 14.8. The van der Waals surface area contributed by atoms with Crippen LogP contribution in [0.3, 0.4) is 0 Å². The van der Waals surface area contributed by atoms with Crippen LogP contribution in [-0.4, -0.2) is 55.8 Å². The van der Waals surface area contributed by atoms with E-state index in [0.29, 0.717) is 23.4 Å². The van der Waals surface area contributed by atoms with Crippen LogP contribution in [0.1, 0.15) is 45.1 Å². The molecule has 2 fully saturated rings. The van der Waals surface area contributed by atoms with E-state index in [9.17, 15) is 18.8 Å². The highest BCUT2D eigenvalue weighted by Gasteiger charge is 2.33. The summed E-state index contributed by atoms with van der Waals surface area (Å²) in [5, 5.41) is 6.05. The molecular weight excluding hydrogens is 469 g/mol. The Morgan fingerprint density at radius 3 is 2.74 bits per heavy atom. The molecule has 0 saturated carbocycles. The normalized spacial score (nSPS) is 20.0. The third kappa shape index (κ3) is 6.21. The van der Waals surface area contributed by atoms with Gasteiger partial charge in [-0.1, -0.05) is 29.8 Å². The standard InChI is InChI=1S/C26H30FN3O4S/c1-16-3-5-20(17(2)11-16)23(31)7-8-25(32)29-13-19-15-30(26(33)34-19)18-4-6-21(22(27)12-18)24-14-28-9-10-35-24/h3-6,11-12,19,24,28H,7-10,13-15H2,1-2H3,(H,29,32). The summed E-state index contributed by atoms with van der Waals surface area (Å²) in [6, 6.07) is 10.4. The van der Waals surface area contributed by atoms with Crippen LogP contribution in [0.4, 0.5) is 14.9 Å². The lowest BCUT2D eigenvalue weighted by atomic mass is 9.99. The van der Waals surface area contributed by atoms with E-state index in [1.807, 2.05) is 26.0 Å². The lowest BCUT2D eigenvalue weighted by Gasteiger charge is -2.24. The van der Waals surface area contributed by atoms with E-state index in [2.05, 4.69) is 10.6 Å². The van der Waals surface area contributed by atoms with Crippen LogP contribution in [0.15, 0.2) is 36.4 Å². The fourth-order valence-electron chi connectivity index (χ4n) is 4.35. The first-order valence-electron chi connectivity index (χ1n) is 11.8. The van der Waals surface area contributed by atoms with E-state index >= 15 is 0 Å². The van der Waals surface area contributed by atoms with Gasteiger partial charge in [0.1, 0.15) is 11.9 Å². The van der Waals surface area contributed by atoms with Crippen molar-refractivity contribution in [2.75, 3.05) is 36.8 Å². The Morgan fingerprint density at radius 2 is 2.03 bits per heavy atom. The predicted molar refractivity (Wildman–Crippen MR) is 135 cm³/mol. The summed E-state index contributed by atoms with van der Waals surface area (Å²) in [5.74, 6) is 0.217. The number of thioether (sulfide) groups is 1. The fourth-order valence-corrected chi connectivity index (χ4v) is 5.51. The molecule has 4 rings (SSSR count). The van der Waals surface area contributed by atoms with E-state index in [1.165, 1.54) is 11.0 Å². The minimum atomic E-state index is -0.574. The lowest BCUT2D eigenvalue weighted by molar-refractivity contribution is -0.121. The third-order valence-electron chi connectivity index (χ3n) is 6.23. The van der Waals surface area contributed by atoms with Crippen LogP contribution in [0.5, 0.6) is 0 Å². The van der Waals surface area contributed by atoms with Gasteiger partial charge < -0.3 is 15.4 Å². The second-order valence-corrected chi connectivity index (χ2v) is 10.2. The van der Waals surface area contributed by atoms with Gasteiger partial charge in [-0.2, -0.15) is 11.8 Å². The summed E-state index contributed by atoms with van der Waals surface area (Å²) < 4.78 is 20.1. The van der Waals surface area contributed by atoms with Gasteiger partial charge in [0.2, 0.25) is 5.91 Å². The average molecular weight is 500 g/mol. The van der Waals surface area contributed by atoms with E-state index in [1.54, 1.807) is 30.0 Å². The highest BCUT2D eigenvalue weighted by molar-refractivity contribution is 7.99. The van der Waals surface area contributed by atoms with Gasteiger partial charge in [-0.25, -0.2) is 9.18 Å². The molecule has 2 aromatic carbocycles. The Hall–Kier alpha value is -2.91. The van der Waals surface area contributed by atoms with E-state index in [0.717, 1.165) is 23.4 Å². The molecular formula is C26H30FN3O4S. The van der Waals surface area contributed by atoms with Crippen molar-refractivity contribution in [3.63, 3.8) is 0 Å². The van der Waals surface area contributed by atoms with Gasteiger partial charge in [0.05, 0.1) is 18.8 Å². The molecule has 2 aromatic rings. The van der Waals surface area contributed by atoms with Crippen LogP contribution in [0.2, 0.25) is 0 Å². The summed E-state index contributed by atoms with van der Waals surface area (Å²) in [7, 11) is 0. The van der Waals surface area contributed by atoms with Crippen molar-refractivity contribution in [3.05, 3.63) is 64.5 Å². The van der Waals surface area contributed by atoms with Gasteiger partial charge in [-0.05, 0) is 31.5 Å². The summed E-state index contributed by atoms with van der Waals surface area (Å²) in [6.45, 7) is 5.81. The molecule has 2 saturated heterocycles. The number of cyclic esters (lactones) is 1. The van der Waals surface area contributed by atoms with E-state index < -0.39 is 12.2 Å². The highest BCUT2D eigenvalue weighted by Crippen LogP contribution is 2.34. The smallest absolute Gasteiger partial charge is 0.414 e. The number of halogens is 1. The zero-order valence-electron chi connectivity index (χ0n) is 19.9. The van der Waals surface area contributed by atoms with Crippen molar-refractivity contribution in [2.45, 2.75) is 38.0 Å². The van der Waals surface area contributed by atoms with E-state index in [-0.39, 0.29) is 48.7 Å². The molecule has 0 aliphatic carbocycles. The molecule has 0 bridgehead atoms. The second-order valence-electron chi connectivity index (χ2n) is 8.93. The molecule has 0 spiro atoms. The van der Waals surface area contributed by atoms with Gasteiger partial charge in [0, 0.05) is 48.1 Å². The average Bonchev–Trinajstić information content (AvgIpc) is 3.22. The number of rotatable bonds is 8. The predicted octanol–water partition coefficient (Wildman–Crippen LogP) is 3.92. The van der Waals surface area contributed by atoms with Crippen molar-refractivity contribution < 1.29 is 23.5 Å². The maximum Gasteiger partial charge on any atom is 0.414 e. The summed E-state index contributed by atoms with van der Waals surface area (Å²) in [4.78, 5) is 38.5. The van der Waals surface area contributed by atoms with Crippen LogP contribution in [-0.2, 0) is 9.53 Å². The number of Topliss-reactive ketones (excluding diaryl/α,β-unsaturated/α-hetero) is 1. The zero-order chi connectivity index (χ0) is 24.9. The van der Waals surface area contributed by atoms with Gasteiger partial charge in [0.15, 0.2) is 5.78 Å². The molecule has 9 heteroatoms. The molecule has 2 N–H and O–H groups in total. The Bertz CT molecular complexity index is 1120. The first-order valence-corrected chi connectivity index (χ1v) is 12.8. The third-order valence-corrected chi connectivity index (χ3v) is 7.50. The number of nitrogens with zero attached hydrogens (tertiary/aromatic N) is 1. The van der Waals surface area contributed by atoms with Crippen molar-refractivity contribution >= 4 is 35.2 Å². The van der Waals surface area contributed by atoms with Gasteiger partial charge >= 0.3 is 6.09 Å². The number of hydrogen-bond acceptors (Lipinski definition) is 6. The highest BCUT2D eigenvalue weighted by atomic mass is 32.2. The number of amides is 2. The molecule has 2 heterocycles. The topological polar surface area (TPSA) is 87.7 Å². The fraction of sp³-hybridized carbons (Fsp3) is 0.423. The van der Waals surface area contributed by atoms with E-state index in [4.69, 9.17) is 4.74 Å². The Morgan fingerprint density at radius 1 is 1.20 bits per heavy atom. The number of benzene rings is 2. The Labute approximate surface area is 208 Å². The second kappa shape index (κ2) is 11.2. The van der Waals surface area contributed by atoms with Gasteiger partial charge in [-0.15, -0.1) is 0 Å². The largest absolute Gasteiger partial charge is 0.442 e. The molecule has 2 aliphatic heterocycles. The van der Waals surface area contributed by atoms with Crippen LogP contribution < -0.4 is 15.5 Å². The molecule has 7 nitrogen and oxygen atoms in total. The van der Waals surface area contributed by atoms with Crippen molar-refractivity contribution in [2.24, 2.45) is 0 Å². The van der Waals surface area contributed by atoms with Crippen molar-refractivity contribution in [3.8, 4) is 0 Å². The molecule has 2 atom stereocenters. The quantitative estimate of drug-likeness (QED) is 0.536.